The van der Waals surface area contributed by atoms with E-state index >= 15 is 0 Å². The molecule has 0 saturated carbocycles. The van der Waals surface area contributed by atoms with Gasteiger partial charge in [0, 0.05) is 5.56 Å². The zero-order valence-electron chi connectivity index (χ0n) is 9.65. The zero-order chi connectivity index (χ0) is 12.0. The average molecular weight is 218 g/mol. The van der Waals surface area contributed by atoms with Crippen LogP contribution < -0.4 is 0 Å². The highest BCUT2D eigenvalue weighted by molar-refractivity contribution is 6.00. The van der Waals surface area contributed by atoms with Crippen LogP contribution in [0.25, 0.3) is 0 Å². The minimum absolute atomic E-state index is 0.00236. The van der Waals surface area contributed by atoms with E-state index in [0.29, 0.717) is 12.0 Å². The van der Waals surface area contributed by atoms with Gasteiger partial charge in [-0.05, 0) is 12.8 Å². The molecule has 0 radical (unpaired) electrons. The smallest absolute Gasteiger partial charge is 0.171 e. The molecule has 2 nitrogen and oxygen atoms in total. The van der Waals surface area contributed by atoms with Crippen molar-refractivity contribution in [3.63, 3.8) is 0 Å². The Bertz CT molecular complexity index is 356. The van der Waals surface area contributed by atoms with Crippen LogP contribution in [-0.2, 0) is 0 Å². The molecule has 1 atom stereocenters. The average Bonchev–Trinajstić information content (AvgIpc) is 2.36. The van der Waals surface area contributed by atoms with Gasteiger partial charge in [-0.2, -0.15) is 0 Å². The second-order valence-corrected chi connectivity index (χ2v) is 4.24. The van der Waals surface area contributed by atoms with Crippen molar-refractivity contribution < 1.29 is 9.90 Å². The van der Waals surface area contributed by atoms with Crippen LogP contribution in [0.3, 0.4) is 0 Å². The Morgan fingerprint density at radius 1 is 1.44 bits per heavy atom. The fourth-order valence-corrected chi connectivity index (χ4v) is 1.62. The van der Waals surface area contributed by atoms with Gasteiger partial charge in [-0.25, -0.2) is 0 Å². The normalized spacial score (nSPS) is 14.1. The third-order valence-electron chi connectivity index (χ3n) is 2.83. The van der Waals surface area contributed by atoms with Crippen molar-refractivity contribution >= 4 is 5.78 Å². The maximum Gasteiger partial charge on any atom is 0.171 e. The number of hydrogen-bond donors (Lipinski definition) is 1. The van der Waals surface area contributed by atoms with Crippen molar-refractivity contribution in [2.45, 2.75) is 19.8 Å². The molecule has 0 spiro atoms. The van der Waals surface area contributed by atoms with Crippen molar-refractivity contribution in [1.29, 1.82) is 0 Å². The van der Waals surface area contributed by atoms with E-state index in [0.717, 1.165) is 6.42 Å². The van der Waals surface area contributed by atoms with E-state index in [4.69, 9.17) is 0 Å². The van der Waals surface area contributed by atoms with Crippen LogP contribution >= 0.6 is 0 Å². The Balaban J connectivity index is 2.88. The molecule has 2 heteroatoms. The number of aliphatic hydroxyl groups excluding tert-OH is 1. The lowest BCUT2D eigenvalue weighted by Gasteiger charge is -2.25. The topological polar surface area (TPSA) is 37.3 Å². The molecule has 16 heavy (non-hydrogen) atoms. The van der Waals surface area contributed by atoms with Crippen molar-refractivity contribution in [1.82, 2.24) is 0 Å². The summed E-state index contributed by atoms with van der Waals surface area (Å²) in [6.45, 7) is 5.30. The van der Waals surface area contributed by atoms with Gasteiger partial charge < -0.3 is 5.11 Å². The molecule has 0 fully saturated rings. The summed E-state index contributed by atoms with van der Waals surface area (Å²) in [5, 5.41) is 9.39. The quantitative estimate of drug-likeness (QED) is 0.589. The molecule has 0 amide bonds. The standard InChI is InChI=1S/C14H18O2/c1-3-4-10-14(2,11-15)13(16)12-8-6-5-7-9-12/h3,5-9,15H,1,4,10-11H2,2H3/t14-/m1/s1. The summed E-state index contributed by atoms with van der Waals surface area (Å²) in [6, 6.07) is 9.10. The van der Waals surface area contributed by atoms with Gasteiger partial charge in [0.1, 0.15) is 0 Å². The molecule has 0 aliphatic carbocycles. The van der Waals surface area contributed by atoms with Gasteiger partial charge >= 0.3 is 0 Å². The van der Waals surface area contributed by atoms with Gasteiger partial charge in [-0.3, -0.25) is 4.79 Å². The fraction of sp³-hybridized carbons (Fsp3) is 0.357. The van der Waals surface area contributed by atoms with E-state index in [1.54, 1.807) is 25.1 Å². The summed E-state index contributed by atoms with van der Waals surface area (Å²) in [5.41, 5.74) is -0.0432. The Morgan fingerprint density at radius 2 is 2.06 bits per heavy atom. The maximum absolute atomic E-state index is 12.2. The summed E-state index contributed by atoms with van der Waals surface area (Å²) in [5.74, 6) is -0.00236. The van der Waals surface area contributed by atoms with E-state index in [2.05, 4.69) is 6.58 Å². The molecule has 1 aromatic rings. The molecular formula is C14H18O2. The van der Waals surface area contributed by atoms with Gasteiger partial charge in [0.2, 0.25) is 0 Å². The molecule has 1 N–H and O–H groups in total. The van der Waals surface area contributed by atoms with Crippen molar-refractivity contribution in [3.8, 4) is 0 Å². The number of carbonyl (C=O) groups is 1. The molecule has 0 aliphatic rings. The van der Waals surface area contributed by atoms with E-state index in [-0.39, 0.29) is 12.4 Å². The van der Waals surface area contributed by atoms with Gasteiger partial charge in [-0.15, -0.1) is 6.58 Å². The lowest BCUT2D eigenvalue weighted by molar-refractivity contribution is 0.0665. The minimum atomic E-state index is -0.699. The van der Waals surface area contributed by atoms with Crippen LogP contribution in [0, 0.1) is 5.41 Å². The van der Waals surface area contributed by atoms with E-state index in [9.17, 15) is 9.90 Å². The second kappa shape index (κ2) is 5.61. The predicted molar refractivity (Wildman–Crippen MR) is 65.4 cm³/mol. The Kier molecular flexibility index (Phi) is 4.44. The first kappa shape index (κ1) is 12.7. The summed E-state index contributed by atoms with van der Waals surface area (Å²) < 4.78 is 0. The molecule has 0 unspecified atom stereocenters. The SMILES string of the molecule is C=CCC[C@](C)(CO)C(=O)c1ccccc1. The number of ketones is 1. The molecule has 0 saturated heterocycles. The Labute approximate surface area is 96.6 Å². The van der Waals surface area contributed by atoms with Gasteiger partial charge in [0.05, 0.1) is 12.0 Å². The summed E-state index contributed by atoms with van der Waals surface area (Å²) in [6.07, 6.45) is 3.13. The largest absolute Gasteiger partial charge is 0.395 e. The number of Topliss-reactive ketones (excluding diaryl/α,β-unsaturated/α-hetero) is 1. The van der Waals surface area contributed by atoms with Crippen LogP contribution in [-0.4, -0.2) is 17.5 Å². The Morgan fingerprint density at radius 3 is 2.56 bits per heavy atom. The van der Waals surface area contributed by atoms with Crippen LogP contribution in [0.1, 0.15) is 30.1 Å². The van der Waals surface area contributed by atoms with Crippen LogP contribution in [0.15, 0.2) is 43.0 Å². The zero-order valence-corrected chi connectivity index (χ0v) is 9.65. The predicted octanol–water partition coefficient (Wildman–Crippen LogP) is 2.83. The van der Waals surface area contributed by atoms with Crippen molar-refractivity contribution in [2.75, 3.05) is 6.61 Å². The highest BCUT2D eigenvalue weighted by Crippen LogP contribution is 2.27. The highest BCUT2D eigenvalue weighted by Gasteiger charge is 2.32. The number of allylic oxidation sites excluding steroid dienone is 1. The molecule has 0 bridgehead atoms. The number of benzene rings is 1. The number of rotatable bonds is 6. The third-order valence-corrected chi connectivity index (χ3v) is 2.83. The maximum atomic E-state index is 12.2. The van der Waals surface area contributed by atoms with E-state index in [1.165, 1.54) is 0 Å². The van der Waals surface area contributed by atoms with Crippen LogP contribution in [0.5, 0.6) is 0 Å². The molecule has 0 aliphatic heterocycles. The monoisotopic (exact) mass is 218 g/mol. The van der Waals surface area contributed by atoms with Crippen LogP contribution in [0.4, 0.5) is 0 Å². The molecule has 1 aromatic carbocycles. The molecule has 86 valence electrons. The lowest BCUT2D eigenvalue weighted by Crippen LogP contribution is -2.31. The molecule has 0 heterocycles. The molecule has 1 rings (SSSR count). The van der Waals surface area contributed by atoms with E-state index < -0.39 is 5.41 Å². The van der Waals surface area contributed by atoms with Gasteiger partial charge in [-0.1, -0.05) is 43.3 Å². The molecule has 0 aromatic heterocycles. The minimum Gasteiger partial charge on any atom is -0.395 e. The third kappa shape index (κ3) is 2.80. The lowest BCUT2D eigenvalue weighted by atomic mass is 9.79. The van der Waals surface area contributed by atoms with Gasteiger partial charge in [0.25, 0.3) is 0 Å². The number of aliphatic hydroxyl groups is 1. The number of hydrogen-bond acceptors (Lipinski definition) is 2. The first-order chi connectivity index (χ1) is 7.64. The summed E-state index contributed by atoms with van der Waals surface area (Å²) in [4.78, 5) is 12.2. The summed E-state index contributed by atoms with van der Waals surface area (Å²) in [7, 11) is 0. The summed E-state index contributed by atoms with van der Waals surface area (Å²) >= 11 is 0. The second-order valence-electron chi connectivity index (χ2n) is 4.24. The number of carbonyl (C=O) groups excluding carboxylic acids is 1. The fourth-order valence-electron chi connectivity index (χ4n) is 1.62. The van der Waals surface area contributed by atoms with Gasteiger partial charge in [0.15, 0.2) is 5.78 Å². The van der Waals surface area contributed by atoms with Crippen molar-refractivity contribution in [2.24, 2.45) is 5.41 Å². The first-order valence-electron chi connectivity index (χ1n) is 5.45. The van der Waals surface area contributed by atoms with E-state index in [1.807, 2.05) is 18.2 Å². The van der Waals surface area contributed by atoms with Crippen LogP contribution in [0.2, 0.25) is 0 Å². The Hall–Kier alpha value is -1.41. The highest BCUT2D eigenvalue weighted by atomic mass is 16.3. The first-order valence-corrected chi connectivity index (χ1v) is 5.45. The van der Waals surface area contributed by atoms with Crippen molar-refractivity contribution in [3.05, 3.63) is 48.6 Å². The molecular weight excluding hydrogens is 200 g/mol.